The third-order valence-corrected chi connectivity index (χ3v) is 4.45. The Morgan fingerprint density at radius 2 is 1.84 bits per heavy atom. The lowest BCUT2D eigenvalue weighted by Gasteiger charge is -2.40. The van der Waals surface area contributed by atoms with Crippen molar-refractivity contribution in [3.05, 3.63) is 29.3 Å². The van der Waals surface area contributed by atoms with Crippen LogP contribution in [0.3, 0.4) is 0 Å². The lowest BCUT2D eigenvalue weighted by atomic mass is 10.1. The van der Waals surface area contributed by atoms with Crippen LogP contribution in [0.2, 0.25) is 5.02 Å². The topological polar surface area (TPSA) is 38.7 Å². The molecule has 2 heterocycles. The summed E-state index contributed by atoms with van der Waals surface area (Å²) in [6.45, 7) is 5.51. The number of benzene rings is 1. The molecule has 2 unspecified atom stereocenters. The highest BCUT2D eigenvalue weighted by molar-refractivity contribution is 6.33. The van der Waals surface area contributed by atoms with Gasteiger partial charge in [-0.15, -0.1) is 0 Å². The second-order valence-corrected chi connectivity index (χ2v) is 5.67. The van der Waals surface area contributed by atoms with Crippen molar-refractivity contribution in [2.75, 3.05) is 44.2 Å². The van der Waals surface area contributed by atoms with E-state index in [-0.39, 0.29) is 12.1 Å². The number of aliphatic hydroxyl groups excluding tert-OH is 1. The van der Waals surface area contributed by atoms with Gasteiger partial charge < -0.3 is 15.3 Å². The number of halogens is 1. The fourth-order valence-electron chi connectivity index (χ4n) is 3.03. The van der Waals surface area contributed by atoms with E-state index in [0.717, 1.165) is 50.0 Å². The maximum atomic E-state index is 9.93. The lowest BCUT2D eigenvalue weighted by Crippen LogP contribution is -2.53. The van der Waals surface area contributed by atoms with Gasteiger partial charge in [-0.05, 0) is 12.1 Å². The molecule has 0 amide bonds. The van der Waals surface area contributed by atoms with Gasteiger partial charge in [-0.3, -0.25) is 4.90 Å². The quantitative estimate of drug-likeness (QED) is 0.841. The third-order valence-electron chi connectivity index (χ3n) is 4.13. The van der Waals surface area contributed by atoms with Crippen molar-refractivity contribution in [3.8, 4) is 0 Å². The normalized spacial score (nSPS) is 28.8. The van der Waals surface area contributed by atoms with Crippen molar-refractivity contribution in [1.82, 2.24) is 10.2 Å². The zero-order valence-electron chi connectivity index (χ0n) is 10.9. The molecule has 0 aromatic heterocycles. The summed E-state index contributed by atoms with van der Waals surface area (Å²) < 4.78 is 0. The average molecular weight is 282 g/mol. The number of rotatable bonds is 2. The lowest BCUT2D eigenvalue weighted by molar-refractivity contribution is 0.0792. The van der Waals surface area contributed by atoms with Crippen molar-refractivity contribution in [2.24, 2.45) is 0 Å². The molecule has 19 heavy (non-hydrogen) atoms. The summed E-state index contributed by atoms with van der Waals surface area (Å²) in [6.07, 6.45) is -0.230. The number of para-hydroxylation sites is 1. The Morgan fingerprint density at radius 1 is 1.11 bits per heavy atom. The highest BCUT2D eigenvalue weighted by atomic mass is 35.5. The number of aliphatic hydroxyl groups is 1. The van der Waals surface area contributed by atoms with Crippen molar-refractivity contribution >= 4 is 17.3 Å². The van der Waals surface area contributed by atoms with Crippen molar-refractivity contribution in [3.63, 3.8) is 0 Å². The molecule has 0 saturated carbocycles. The van der Waals surface area contributed by atoms with E-state index in [4.69, 9.17) is 11.6 Å². The Labute approximate surface area is 119 Å². The van der Waals surface area contributed by atoms with Crippen LogP contribution in [0, 0.1) is 0 Å². The Hall–Kier alpha value is -0.810. The van der Waals surface area contributed by atoms with E-state index < -0.39 is 0 Å². The molecule has 0 bridgehead atoms. The Balaban J connectivity index is 1.62. The molecule has 1 aromatic rings. The smallest absolute Gasteiger partial charge is 0.0831 e. The Kier molecular flexibility index (Phi) is 3.93. The van der Waals surface area contributed by atoms with Crippen LogP contribution in [-0.4, -0.2) is 61.4 Å². The van der Waals surface area contributed by atoms with Gasteiger partial charge in [0.2, 0.25) is 0 Å². The van der Waals surface area contributed by atoms with Gasteiger partial charge >= 0.3 is 0 Å². The van der Waals surface area contributed by atoms with Gasteiger partial charge in [0, 0.05) is 45.3 Å². The number of anilines is 1. The zero-order chi connectivity index (χ0) is 13.2. The van der Waals surface area contributed by atoms with Crippen LogP contribution in [0.1, 0.15) is 0 Å². The molecule has 5 heteroatoms. The maximum Gasteiger partial charge on any atom is 0.0831 e. The number of hydrogen-bond acceptors (Lipinski definition) is 4. The Morgan fingerprint density at radius 3 is 2.47 bits per heavy atom. The number of piperazine rings is 1. The number of nitrogens with zero attached hydrogens (tertiary/aromatic N) is 2. The van der Waals surface area contributed by atoms with E-state index in [0.29, 0.717) is 0 Å². The molecule has 2 aliphatic rings. The molecule has 2 fully saturated rings. The number of nitrogens with one attached hydrogen (secondary N) is 1. The standard InChI is InChI=1S/C14H20ClN3O/c15-11-3-1-2-4-12(11)17-5-7-18(8-6-17)13-9-16-10-14(13)19/h1-4,13-14,16,19H,5-10H2. The van der Waals surface area contributed by atoms with Crippen LogP contribution >= 0.6 is 11.6 Å². The van der Waals surface area contributed by atoms with Crippen LogP contribution in [0.25, 0.3) is 0 Å². The van der Waals surface area contributed by atoms with Gasteiger partial charge in [0.25, 0.3) is 0 Å². The summed E-state index contributed by atoms with van der Waals surface area (Å²) in [4.78, 5) is 4.71. The predicted molar refractivity (Wildman–Crippen MR) is 77.9 cm³/mol. The first-order valence-corrected chi connectivity index (χ1v) is 7.26. The molecule has 2 atom stereocenters. The molecule has 0 spiro atoms. The second-order valence-electron chi connectivity index (χ2n) is 5.27. The van der Waals surface area contributed by atoms with Gasteiger partial charge in [-0.2, -0.15) is 0 Å². The molecule has 104 valence electrons. The van der Waals surface area contributed by atoms with E-state index in [1.54, 1.807) is 0 Å². The second kappa shape index (κ2) is 5.67. The molecule has 4 nitrogen and oxygen atoms in total. The van der Waals surface area contributed by atoms with E-state index in [1.807, 2.05) is 18.2 Å². The highest BCUT2D eigenvalue weighted by Gasteiger charge is 2.32. The SMILES string of the molecule is OC1CNCC1N1CCN(c2ccccc2Cl)CC1. The van der Waals surface area contributed by atoms with Crippen LogP contribution in [0.4, 0.5) is 5.69 Å². The van der Waals surface area contributed by atoms with E-state index >= 15 is 0 Å². The van der Waals surface area contributed by atoms with Gasteiger partial charge in [-0.25, -0.2) is 0 Å². The first-order chi connectivity index (χ1) is 9.25. The molecule has 0 radical (unpaired) electrons. The molecular formula is C14H20ClN3O. The van der Waals surface area contributed by atoms with Crippen LogP contribution < -0.4 is 10.2 Å². The van der Waals surface area contributed by atoms with Crippen LogP contribution in [-0.2, 0) is 0 Å². The molecule has 2 N–H and O–H groups in total. The summed E-state index contributed by atoms with van der Waals surface area (Å²) in [5.74, 6) is 0. The fourth-order valence-corrected chi connectivity index (χ4v) is 3.28. The summed E-state index contributed by atoms with van der Waals surface area (Å²) in [5, 5.41) is 14.0. The molecule has 2 aliphatic heterocycles. The van der Waals surface area contributed by atoms with Crippen molar-refractivity contribution in [1.29, 1.82) is 0 Å². The summed E-state index contributed by atoms with van der Waals surface area (Å²) >= 11 is 6.24. The highest BCUT2D eigenvalue weighted by Crippen LogP contribution is 2.26. The number of β-amino-alcohol motifs (C(OH)–C–C–N with tert-alkyl or cyclic N) is 1. The van der Waals surface area contributed by atoms with Gasteiger partial charge in [0.15, 0.2) is 0 Å². The molecule has 3 rings (SSSR count). The van der Waals surface area contributed by atoms with Crippen LogP contribution in [0.5, 0.6) is 0 Å². The Bertz CT molecular complexity index is 434. The first-order valence-electron chi connectivity index (χ1n) is 6.88. The molecule has 0 aliphatic carbocycles. The van der Waals surface area contributed by atoms with Crippen molar-refractivity contribution < 1.29 is 5.11 Å². The molecule has 1 aromatic carbocycles. The minimum absolute atomic E-state index is 0.230. The van der Waals surface area contributed by atoms with Gasteiger partial charge in [0.1, 0.15) is 0 Å². The van der Waals surface area contributed by atoms with Gasteiger partial charge in [-0.1, -0.05) is 23.7 Å². The summed E-state index contributed by atoms with van der Waals surface area (Å²) in [6, 6.07) is 8.27. The van der Waals surface area contributed by atoms with Crippen molar-refractivity contribution in [2.45, 2.75) is 12.1 Å². The minimum Gasteiger partial charge on any atom is -0.390 e. The minimum atomic E-state index is -0.230. The molecule has 2 saturated heterocycles. The largest absolute Gasteiger partial charge is 0.390 e. The van der Waals surface area contributed by atoms with Crippen LogP contribution in [0.15, 0.2) is 24.3 Å². The molecular weight excluding hydrogens is 262 g/mol. The van der Waals surface area contributed by atoms with Gasteiger partial charge in [0.05, 0.1) is 16.8 Å². The maximum absolute atomic E-state index is 9.93. The van der Waals surface area contributed by atoms with E-state index in [9.17, 15) is 5.11 Å². The first kappa shape index (κ1) is 13.2. The zero-order valence-corrected chi connectivity index (χ0v) is 11.7. The average Bonchev–Trinajstić information content (AvgIpc) is 2.86. The van der Waals surface area contributed by atoms with E-state index in [1.165, 1.54) is 0 Å². The number of hydrogen-bond donors (Lipinski definition) is 2. The predicted octanol–water partition coefficient (Wildman–Crippen LogP) is 0.795. The fraction of sp³-hybridized carbons (Fsp3) is 0.571. The van der Waals surface area contributed by atoms with E-state index in [2.05, 4.69) is 21.2 Å². The summed E-state index contributed by atoms with van der Waals surface area (Å²) in [5.41, 5.74) is 1.12. The monoisotopic (exact) mass is 281 g/mol. The third kappa shape index (κ3) is 2.72. The summed E-state index contributed by atoms with van der Waals surface area (Å²) in [7, 11) is 0.